The molecule has 17 heavy (non-hydrogen) atoms. The zero-order valence-corrected chi connectivity index (χ0v) is 10.9. The molecule has 1 aromatic rings. The predicted octanol–water partition coefficient (Wildman–Crippen LogP) is 2.30. The molecule has 0 aromatic heterocycles. The summed E-state index contributed by atoms with van der Waals surface area (Å²) < 4.78 is 0. The summed E-state index contributed by atoms with van der Waals surface area (Å²) in [7, 11) is 0. The first-order chi connectivity index (χ1) is 8.04. The van der Waals surface area contributed by atoms with Gasteiger partial charge in [0.2, 0.25) is 5.91 Å². The molecular weight excluding hydrogens is 212 g/mol. The lowest BCUT2D eigenvalue weighted by Crippen LogP contribution is -2.41. The van der Waals surface area contributed by atoms with Crippen molar-refractivity contribution in [3.05, 3.63) is 35.4 Å². The number of carbonyl (C=O) groups is 1. The van der Waals surface area contributed by atoms with Crippen molar-refractivity contribution >= 4 is 5.91 Å². The minimum atomic E-state index is -0.396. The average Bonchev–Trinajstić information content (AvgIpc) is 2.29. The molecule has 3 nitrogen and oxygen atoms in total. The van der Waals surface area contributed by atoms with Gasteiger partial charge in [-0.15, -0.1) is 0 Å². The first kappa shape index (κ1) is 13.7. The monoisotopic (exact) mass is 234 g/mol. The second kappa shape index (κ2) is 6.40. The minimum Gasteiger partial charge on any atom is -0.348 e. The van der Waals surface area contributed by atoms with E-state index >= 15 is 0 Å². The Morgan fingerprint density at radius 3 is 2.76 bits per heavy atom. The number of nitrogens with one attached hydrogen (secondary N) is 1. The van der Waals surface area contributed by atoms with Gasteiger partial charge in [0.25, 0.3) is 0 Å². The van der Waals surface area contributed by atoms with E-state index in [4.69, 9.17) is 5.73 Å². The third kappa shape index (κ3) is 4.19. The molecule has 0 aliphatic heterocycles. The summed E-state index contributed by atoms with van der Waals surface area (Å²) in [6.07, 6.45) is 1.65. The van der Waals surface area contributed by atoms with Crippen LogP contribution in [0.2, 0.25) is 0 Å². The van der Waals surface area contributed by atoms with Gasteiger partial charge in [-0.3, -0.25) is 4.79 Å². The van der Waals surface area contributed by atoms with Crippen LogP contribution in [0.3, 0.4) is 0 Å². The number of hydrogen-bond acceptors (Lipinski definition) is 2. The Morgan fingerprint density at radius 1 is 1.47 bits per heavy atom. The molecule has 0 fully saturated rings. The van der Waals surface area contributed by atoms with E-state index in [1.807, 2.05) is 39.0 Å². The van der Waals surface area contributed by atoms with Gasteiger partial charge < -0.3 is 11.1 Å². The lowest BCUT2D eigenvalue weighted by Gasteiger charge is -2.18. The van der Waals surface area contributed by atoms with Crippen molar-refractivity contribution in [1.82, 2.24) is 5.32 Å². The number of carbonyl (C=O) groups excluding carboxylic acids is 1. The first-order valence-electron chi connectivity index (χ1n) is 6.17. The van der Waals surface area contributed by atoms with Crippen LogP contribution in [0.15, 0.2) is 24.3 Å². The maximum Gasteiger partial charge on any atom is 0.237 e. The fourth-order valence-electron chi connectivity index (χ4n) is 1.79. The van der Waals surface area contributed by atoms with E-state index in [0.717, 1.165) is 18.4 Å². The molecule has 94 valence electrons. The maximum atomic E-state index is 11.8. The quantitative estimate of drug-likeness (QED) is 0.821. The van der Waals surface area contributed by atoms with Crippen molar-refractivity contribution in [2.45, 2.75) is 45.7 Å². The molecule has 0 saturated carbocycles. The minimum absolute atomic E-state index is 0.00491. The van der Waals surface area contributed by atoms with Gasteiger partial charge in [-0.25, -0.2) is 0 Å². The highest BCUT2D eigenvalue weighted by Crippen LogP contribution is 2.13. The van der Waals surface area contributed by atoms with Crippen molar-refractivity contribution in [3.63, 3.8) is 0 Å². The zero-order valence-electron chi connectivity index (χ0n) is 10.9. The summed E-state index contributed by atoms with van der Waals surface area (Å²) >= 11 is 0. The second-order valence-corrected chi connectivity index (χ2v) is 4.54. The van der Waals surface area contributed by atoms with Gasteiger partial charge in [-0.05, 0) is 25.8 Å². The molecule has 3 heteroatoms. The summed E-state index contributed by atoms with van der Waals surface area (Å²) in [6.45, 7) is 6.04. The molecule has 1 rings (SSSR count). The smallest absolute Gasteiger partial charge is 0.237 e. The standard InChI is InChI=1S/C14H22N2O/c1-4-6-13(15)14(17)16-11(3)12-8-5-7-10(2)9-12/h5,7-9,11,13H,4,6,15H2,1-3H3,(H,16,17)/t11-,13-/m1/s1. The molecule has 1 amide bonds. The Balaban J connectivity index is 2.60. The van der Waals surface area contributed by atoms with Crippen LogP contribution in [0.4, 0.5) is 0 Å². The topological polar surface area (TPSA) is 55.1 Å². The molecule has 0 heterocycles. The normalized spacial score (nSPS) is 14.1. The lowest BCUT2D eigenvalue weighted by atomic mass is 10.0. The van der Waals surface area contributed by atoms with E-state index in [0.29, 0.717) is 0 Å². The van der Waals surface area contributed by atoms with Crippen LogP contribution in [0, 0.1) is 6.92 Å². The lowest BCUT2D eigenvalue weighted by molar-refractivity contribution is -0.123. The molecule has 0 bridgehead atoms. The van der Waals surface area contributed by atoms with Crippen molar-refractivity contribution in [2.75, 3.05) is 0 Å². The Labute approximate surface area is 103 Å². The van der Waals surface area contributed by atoms with E-state index in [2.05, 4.69) is 11.4 Å². The van der Waals surface area contributed by atoms with Gasteiger partial charge in [0, 0.05) is 0 Å². The number of nitrogens with two attached hydrogens (primary N) is 1. The summed E-state index contributed by atoms with van der Waals surface area (Å²) in [5, 5.41) is 2.94. The average molecular weight is 234 g/mol. The molecule has 3 N–H and O–H groups in total. The van der Waals surface area contributed by atoms with Crippen LogP contribution in [-0.4, -0.2) is 11.9 Å². The molecule has 0 unspecified atom stereocenters. The van der Waals surface area contributed by atoms with E-state index in [1.54, 1.807) is 0 Å². The van der Waals surface area contributed by atoms with Crippen LogP contribution in [-0.2, 0) is 4.79 Å². The third-order valence-corrected chi connectivity index (χ3v) is 2.84. The SMILES string of the molecule is CCC[C@@H](N)C(=O)N[C@H](C)c1cccc(C)c1. The van der Waals surface area contributed by atoms with Gasteiger partial charge in [0.05, 0.1) is 12.1 Å². The van der Waals surface area contributed by atoms with Crippen LogP contribution in [0.1, 0.15) is 43.9 Å². The van der Waals surface area contributed by atoms with Gasteiger partial charge in [0.1, 0.15) is 0 Å². The Hall–Kier alpha value is -1.35. The molecule has 1 aromatic carbocycles. The number of rotatable bonds is 5. The van der Waals surface area contributed by atoms with E-state index in [1.165, 1.54) is 5.56 Å². The molecule has 0 aliphatic rings. The number of amides is 1. The number of benzene rings is 1. The maximum absolute atomic E-state index is 11.8. The van der Waals surface area contributed by atoms with E-state index in [-0.39, 0.29) is 11.9 Å². The summed E-state index contributed by atoms with van der Waals surface area (Å²) in [5.41, 5.74) is 8.08. The molecule has 0 spiro atoms. The van der Waals surface area contributed by atoms with E-state index < -0.39 is 6.04 Å². The fraction of sp³-hybridized carbons (Fsp3) is 0.500. The zero-order chi connectivity index (χ0) is 12.8. The highest BCUT2D eigenvalue weighted by molar-refractivity contribution is 5.81. The molecule has 0 aliphatic carbocycles. The van der Waals surface area contributed by atoms with Crippen molar-refractivity contribution in [1.29, 1.82) is 0 Å². The van der Waals surface area contributed by atoms with E-state index in [9.17, 15) is 4.79 Å². The van der Waals surface area contributed by atoms with Crippen molar-refractivity contribution < 1.29 is 4.79 Å². The molecule has 0 radical (unpaired) electrons. The van der Waals surface area contributed by atoms with Crippen LogP contribution < -0.4 is 11.1 Å². The summed E-state index contributed by atoms with van der Waals surface area (Å²) in [6, 6.07) is 7.75. The Kier molecular flexibility index (Phi) is 5.16. The van der Waals surface area contributed by atoms with Crippen molar-refractivity contribution in [2.24, 2.45) is 5.73 Å². The highest BCUT2D eigenvalue weighted by atomic mass is 16.2. The molecular formula is C14H22N2O. The largest absolute Gasteiger partial charge is 0.348 e. The fourth-order valence-corrected chi connectivity index (χ4v) is 1.79. The first-order valence-corrected chi connectivity index (χ1v) is 6.17. The molecule has 2 atom stereocenters. The highest BCUT2D eigenvalue weighted by Gasteiger charge is 2.15. The van der Waals surface area contributed by atoms with Gasteiger partial charge in [-0.1, -0.05) is 43.2 Å². The summed E-state index contributed by atoms with van der Waals surface area (Å²) in [5.74, 6) is -0.0687. The Morgan fingerprint density at radius 2 is 2.18 bits per heavy atom. The predicted molar refractivity (Wildman–Crippen MR) is 70.6 cm³/mol. The summed E-state index contributed by atoms with van der Waals surface area (Å²) in [4.78, 5) is 11.8. The van der Waals surface area contributed by atoms with Crippen LogP contribution in [0.25, 0.3) is 0 Å². The van der Waals surface area contributed by atoms with Crippen molar-refractivity contribution in [3.8, 4) is 0 Å². The van der Waals surface area contributed by atoms with Gasteiger partial charge in [-0.2, -0.15) is 0 Å². The number of aryl methyl sites for hydroxylation is 1. The van der Waals surface area contributed by atoms with Crippen LogP contribution in [0.5, 0.6) is 0 Å². The number of hydrogen-bond donors (Lipinski definition) is 2. The molecule has 0 saturated heterocycles. The van der Waals surface area contributed by atoms with Gasteiger partial charge in [0.15, 0.2) is 0 Å². The third-order valence-electron chi connectivity index (χ3n) is 2.84. The van der Waals surface area contributed by atoms with Crippen LogP contribution >= 0.6 is 0 Å². The Bertz CT molecular complexity index is 376. The van der Waals surface area contributed by atoms with Gasteiger partial charge >= 0.3 is 0 Å². The second-order valence-electron chi connectivity index (χ2n) is 4.54.